The molecular formula is C13H18ClNO. The predicted molar refractivity (Wildman–Crippen MR) is 67.0 cm³/mol. The molecule has 0 bridgehead atoms. The number of aryl methyl sites for hydroxylation is 1. The molecule has 0 atom stereocenters. The van der Waals surface area contributed by atoms with Crippen LogP contribution in [0.4, 0.5) is 0 Å². The zero-order valence-electron chi connectivity index (χ0n) is 9.81. The van der Waals surface area contributed by atoms with E-state index in [0.717, 1.165) is 30.4 Å². The second-order valence-corrected chi connectivity index (χ2v) is 5.53. The topological polar surface area (TPSA) is 46.2 Å². The van der Waals surface area contributed by atoms with Crippen molar-refractivity contribution in [3.8, 4) is 5.75 Å². The maximum absolute atomic E-state index is 10.1. The molecule has 2 rings (SSSR count). The number of rotatable bonds is 1. The van der Waals surface area contributed by atoms with Crippen LogP contribution in [0.25, 0.3) is 0 Å². The van der Waals surface area contributed by atoms with Crippen molar-refractivity contribution in [3.05, 3.63) is 27.8 Å². The monoisotopic (exact) mass is 239 g/mol. The normalized spacial score (nSPS) is 16.0. The van der Waals surface area contributed by atoms with Gasteiger partial charge in [-0.1, -0.05) is 11.6 Å². The lowest BCUT2D eigenvalue weighted by atomic mass is 9.85. The third-order valence-electron chi connectivity index (χ3n) is 3.25. The Hall–Kier alpha value is -0.730. The third-order valence-corrected chi connectivity index (χ3v) is 3.66. The zero-order chi connectivity index (χ0) is 11.9. The number of nitrogens with two attached hydrogens (primary N) is 1. The third kappa shape index (κ3) is 1.92. The van der Waals surface area contributed by atoms with Crippen LogP contribution in [-0.2, 0) is 18.4 Å². The summed E-state index contributed by atoms with van der Waals surface area (Å²) in [7, 11) is 0. The Morgan fingerprint density at radius 3 is 2.56 bits per heavy atom. The van der Waals surface area contributed by atoms with E-state index in [2.05, 4.69) is 0 Å². The highest BCUT2D eigenvalue weighted by molar-refractivity contribution is 6.33. The average molecular weight is 240 g/mol. The molecule has 0 saturated heterocycles. The minimum Gasteiger partial charge on any atom is -0.506 e. The first kappa shape index (κ1) is 11.7. The number of benzene rings is 1. The van der Waals surface area contributed by atoms with Gasteiger partial charge in [-0.25, -0.2) is 0 Å². The van der Waals surface area contributed by atoms with Crippen molar-refractivity contribution in [2.24, 2.45) is 5.73 Å². The summed E-state index contributed by atoms with van der Waals surface area (Å²) in [5.74, 6) is 0.162. The quantitative estimate of drug-likeness (QED) is 0.791. The minimum atomic E-state index is -0.555. The van der Waals surface area contributed by atoms with E-state index in [-0.39, 0.29) is 5.75 Å². The molecule has 3 heteroatoms. The number of phenols is 1. The summed E-state index contributed by atoms with van der Waals surface area (Å²) in [6, 6.07) is 2.02. The molecule has 1 aromatic rings. The Bertz CT molecular complexity index is 421. The fourth-order valence-electron chi connectivity index (χ4n) is 2.33. The van der Waals surface area contributed by atoms with Crippen molar-refractivity contribution in [1.82, 2.24) is 0 Å². The molecule has 0 radical (unpaired) electrons. The van der Waals surface area contributed by atoms with E-state index in [9.17, 15) is 5.11 Å². The Kier molecular flexibility index (Phi) is 2.89. The lowest BCUT2D eigenvalue weighted by molar-refractivity contribution is 0.438. The molecular weight excluding hydrogens is 222 g/mol. The summed E-state index contributed by atoms with van der Waals surface area (Å²) in [6.45, 7) is 3.77. The van der Waals surface area contributed by atoms with Gasteiger partial charge in [-0.15, -0.1) is 0 Å². The number of fused-ring (bicyclic) bond motifs is 1. The predicted octanol–water partition coefficient (Wildman–Crippen LogP) is 3.12. The van der Waals surface area contributed by atoms with Gasteiger partial charge in [-0.3, -0.25) is 0 Å². The Balaban J connectivity index is 2.62. The highest BCUT2D eigenvalue weighted by Crippen LogP contribution is 2.40. The maximum atomic E-state index is 10.1. The lowest BCUT2D eigenvalue weighted by Crippen LogP contribution is -2.29. The molecule has 2 nitrogen and oxygen atoms in total. The Labute approximate surface area is 101 Å². The van der Waals surface area contributed by atoms with Crippen molar-refractivity contribution in [1.29, 1.82) is 0 Å². The van der Waals surface area contributed by atoms with Gasteiger partial charge in [0.2, 0.25) is 0 Å². The van der Waals surface area contributed by atoms with Crippen molar-refractivity contribution in [2.45, 2.75) is 45.1 Å². The van der Waals surface area contributed by atoms with Gasteiger partial charge < -0.3 is 10.8 Å². The molecule has 0 amide bonds. The highest BCUT2D eigenvalue weighted by atomic mass is 35.5. The van der Waals surface area contributed by atoms with Gasteiger partial charge in [0.25, 0.3) is 0 Å². The number of halogens is 1. The number of hydrogen-bond acceptors (Lipinski definition) is 2. The van der Waals surface area contributed by atoms with E-state index in [4.69, 9.17) is 17.3 Å². The van der Waals surface area contributed by atoms with E-state index in [1.165, 1.54) is 12.0 Å². The first-order valence-electron chi connectivity index (χ1n) is 5.74. The zero-order valence-corrected chi connectivity index (χ0v) is 10.6. The molecule has 0 aliphatic heterocycles. The molecule has 0 spiro atoms. The van der Waals surface area contributed by atoms with Crippen LogP contribution < -0.4 is 5.73 Å². The summed E-state index contributed by atoms with van der Waals surface area (Å²) in [4.78, 5) is 0. The Morgan fingerprint density at radius 1 is 1.31 bits per heavy atom. The summed E-state index contributed by atoms with van der Waals surface area (Å²) < 4.78 is 0. The van der Waals surface area contributed by atoms with Gasteiger partial charge in [0, 0.05) is 11.1 Å². The molecule has 1 aromatic carbocycles. The van der Waals surface area contributed by atoms with E-state index in [1.807, 2.05) is 19.9 Å². The van der Waals surface area contributed by atoms with Gasteiger partial charge in [-0.2, -0.15) is 0 Å². The molecule has 3 N–H and O–H groups in total. The first-order valence-corrected chi connectivity index (χ1v) is 6.11. The lowest BCUT2D eigenvalue weighted by Gasteiger charge is -2.26. The Morgan fingerprint density at radius 2 is 1.94 bits per heavy atom. The largest absolute Gasteiger partial charge is 0.506 e. The maximum Gasteiger partial charge on any atom is 0.139 e. The summed E-state index contributed by atoms with van der Waals surface area (Å²) in [5.41, 5.74) is 8.60. The highest BCUT2D eigenvalue weighted by Gasteiger charge is 2.25. The van der Waals surface area contributed by atoms with Crippen LogP contribution in [0.3, 0.4) is 0 Å². The molecule has 1 aliphatic rings. The van der Waals surface area contributed by atoms with Crippen molar-refractivity contribution in [3.63, 3.8) is 0 Å². The summed E-state index contributed by atoms with van der Waals surface area (Å²) >= 11 is 6.22. The van der Waals surface area contributed by atoms with Crippen LogP contribution in [-0.4, -0.2) is 5.11 Å². The fraction of sp³-hybridized carbons (Fsp3) is 0.538. The molecule has 88 valence electrons. The van der Waals surface area contributed by atoms with E-state index in [0.29, 0.717) is 5.02 Å². The molecule has 0 fully saturated rings. The van der Waals surface area contributed by atoms with Gasteiger partial charge in [0.1, 0.15) is 5.75 Å². The fourth-order valence-corrected chi connectivity index (χ4v) is 2.65. The van der Waals surface area contributed by atoms with Crippen molar-refractivity contribution in [2.75, 3.05) is 0 Å². The van der Waals surface area contributed by atoms with Gasteiger partial charge >= 0.3 is 0 Å². The smallest absolute Gasteiger partial charge is 0.139 e. The van der Waals surface area contributed by atoms with Crippen LogP contribution in [0.15, 0.2) is 6.07 Å². The van der Waals surface area contributed by atoms with Gasteiger partial charge in [0.05, 0.1) is 5.02 Å². The second-order valence-electron chi connectivity index (χ2n) is 5.15. The van der Waals surface area contributed by atoms with Crippen LogP contribution in [0.5, 0.6) is 5.75 Å². The minimum absolute atomic E-state index is 0.162. The van der Waals surface area contributed by atoms with Crippen LogP contribution in [0, 0.1) is 0 Å². The molecule has 0 heterocycles. The van der Waals surface area contributed by atoms with Gasteiger partial charge in [-0.05, 0) is 56.7 Å². The molecule has 1 aliphatic carbocycles. The van der Waals surface area contributed by atoms with Crippen LogP contribution in [0.2, 0.25) is 5.02 Å². The van der Waals surface area contributed by atoms with Gasteiger partial charge in [0.15, 0.2) is 0 Å². The molecule has 0 saturated carbocycles. The van der Waals surface area contributed by atoms with Crippen molar-refractivity contribution >= 4 is 11.6 Å². The standard InChI is InChI=1S/C13H18ClNO/c1-13(2,15)10-7-8-5-3-4-6-9(8)11(14)12(10)16/h7,16H,3-6,15H2,1-2H3. The van der Waals surface area contributed by atoms with Crippen molar-refractivity contribution < 1.29 is 5.11 Å². The summed E-state index contributed by atoms with van der Waals surface area (Å²) in [5, 5.41) is 10.6. The average Bonchev–Trinajstić information content (AvgIpc) is 2.22. The second kappa shape index (κ2) is 3.94. The van der Waals surface area contributed by atoms with E-state index in [1.54, 1.807) is 0 Å². The number of phenolic OH excluding ortho intramolecular Hbond substituents is 1. The molecule has 0 aromatic heterocycles. The van der Waals surface area contributed by atoms with E-state index >= 15 is 0 Å². The number of aromatic hydroxyl groups is 1. The van der Waals surface area contributed by atoms with Crippen LogP contribution >= 0.6 is 11.6 Å². The summed E-state index contributed by atoms with van der Waals surface area (Å²) in [6.07, 6.45) is 4.35. The van der Waals surface area contributed by atoms with Crippen LogP contribution in [0.1, 0.15) is 43.4 Å². The molecule has 16 heavy (non-hydrogen) atoms. The number of hydrogen-bond donors (Lipinski definition) is 2. The SMILES string of the molecule is CC(C)(N)c1cc2c(c(Cl)c1O)CCCC2. The van der Waals surface area contributed by atoms with E-state index < -0.39 is 5.54 Å². The molecule has 0 unspecified atom stereocenters. The first-order chi connectivity index (χ1) is 7.41.